The minimum absolute atomic E-state index is 0.0366. The number of fused-ring (bicyclic) bond motifs is 9. The Balaban J connectivity index is 1.25. The second-order valence-electron chi connectivity index (χ2n) is 12.5. The van der Waals surface area contributed by atoms with Crippen LogP contribution in [0.15, 0.2) is 121 Å². The maximum Gasteiger partial charge on any atom is 0.0543 e. The number of hydrogen-bond acceptors (Lipinski definition) is 0. The fraction of sp³-hybridized carbons (Fsp3) is 0.122. The number of aromatic nitrogens is 1. The van der Waals surface area contributed by atoms with Gasteiger partial charge in [-0.15, -0.1) is 0 Å². The first kappa shape index (κ1) is 23.8. The van der Waals surface area contributed by atoms with Crippen molar-refractivity contribution >= 4 is 17.0 Å². The van der Waals surface area contributed by atoms with E-state index in [9.17, 15) is 0 Å². The molecule has 0 radical (unpaired) electrons. The highest BCUT2D eigenvalue weighted by Gasteiger charge is 2.35. The molecule has 0 atom stereocenters. The fourth-order valence-corrected chi connectivity index (χ4v) is 7.77. The Morgan fingerprint density at radius 3 is 2.31 bits per heavy atom. The summed E-state index contributed by atoms with van der Waals surface area (Å²) in [5.74, 6) is 0. The molecule has 0 saturated carbocycles. The van der Waals surface area contributed by atoms with Crippen LogP contribution < -0.4 is 0 Å². The van der Waals surface area contributed by atoms with Crippen LogP contribution in [0.5, 0.6) is 0 Å². The highest BCUT2D eigenvalue weighted by molar-refractivity contribution is 5.95. The molecule has 0 N–H and O–H groups in total. The van der Waals surface area contributed by atoms with Crippen molar-refractivity contribution in [3.05, 3.63) is 155 Å². The Morgan fingerprint density at radius 2 is 1.38 bits per heavy atom. The van der Waals surface area contributed by atoms with E-state index in [1.54, 1.807) is 0 Å². The van der Waals surface area contributed by atoms with Crippen LogP contribution in [0.1, 0.15) is 47.4 Å². The Labute approximate surface area is 247 Å². The van der Waals surface area contributed by atoms with E-state index in [-0.39, 0.29) is 5.41 Å². The zero-order valence-electron chi connectivity index (χ0n) is 24.0. The first-order chi connectivity index (χ1) is 20.6. The van der Waals surface area contributed by atoms with Gasteiger partial charge < -0.3 is 4.57 Å². The smallest absolute Gasteiger partial charge is 0.0543 e. The fourth-order valence-electron chi connectivity index (χ4n) is 7.77. The Bertz CT molecular complexity index is 2160. The van der Waals surface area contributed by atoms with Crippen LogP contribution in [0.4, 0.5) is 0 Å². The monoisotopic (exact) mass is 537 g/mol. The summed E-state index contributed by atoms with van der Waals surface area (Å²) in [7, 11) is 0. The molecule has 0 saturated heterocycles. The molecule has 0 amide bonds. The van der Waals surface area contributed by atoms with Crippen molar-refractivity contribution in [2.75, 3.05) is 0 Å². The minimum atomic E-state index is -0.0366. The molecule has 5 aromatic carbocycles. The van der Waals surface area contributed by atoms with Crippen molar-refractivity contribution in [3.63, 3.8) is 0 Å². The van der Waals surface area contributed by atoms with Gasteiger partial charge in [0.05, 0.1) is 11.2 Å². The standard InChI is InChI=1S/C41H31N/c1-41(2)37-14-9-8-12-32(37)33-21-19-30(25-38(33)41)42-39-15-5-3-4-13-34(39)35-20-18-27(24-40(35)42)26-16-17-29-22-28-10-6-7-11-31(28)36(29)23-26/h3-12,14-21,23-25H,13,22H2,1-2H3. The van der Waals surface area contributed by atoms with E-state index < -0.39 is 0 Å². The normalized spacial score (nSPS) is 15.2. The lowest BCUT2D eigenvalue weighted by molar-refractivity contribution is 0.660. The maximum atomic E-state index is 2.50. The quantitative estimate of drug-likeness (QED) is 0.207. The van der Waals surface area contributed by atoms with Gasteiger partial charge >= 0.3 is 0 Å². The van der Waals surface area contributed by atoms with E-state index in [1.165, 1.54) is 83.5 Å². The third-order valence-electron chi connectivity index (χ3n) is 9.89. The molecule has 0 bridgehead atoms. The SMILES string of the molecule is CC1(C)c2ccccc2-c2ccc(-n3c4c(c5ccc(-c6ccc7c(c6)-c6ccccc6C7)cc53)CC=CC=C4)cc21. The second-order valence-corrected chi connectivity index (χ2v) is 12.5. The van der Waals surface area contributed by atoms with Crippen molar-refractivity contribution in [2.45, 2.75) is 32.1 Å². The zero-order valence-corrected chi connectivity index (χ0v) is 24.0. The predicted octanol–water partition coefficient (Wildman–Crippen LogP) is 10.3. The van der Waals surface area contributed by atoms with E-state index in [0.717, 1.165) is 12.8 Å². The van der Waals surface area contributed by atoms with Gasteiger partial charge in [0.1, 0.15) is 0 Å². The number of benzene rings is 5. The van der Waals surface area contributed by atoms with E-state index in [0.29, 0.717) is 0 Å². The molecule has 0 fully saturated rings. The van der Waals surface area contributed by atoms with Gasteiger partial charge in [0.25, 0.3) is 0 Å². The highest BCUT2D eigenvalue weighted by Crippen LogP contribution is 2.49. The lowest BCUT2D eigenvalue weighted by Crippen LogP contribution is -2.15. The van der Waals surface area contributed by atoms with Crippen molar-refractivity contribution in [2.24, 2.45) is 0 Å². The summed E-state index contributed by atoms with van der Waals surface area (Å²) in [4.78, 5) is 0. The van der Waals surface area contributed by atoms with Crippen LogP contribution in [0, 0.1) is 0 Å². The van der Waals surface area contributed by atoms with E-state index in [2.05, 4.69) is 146 Å². The summed E-state index contributed by atoms with van der Waals surface area (Å²) in [5, 5.41) is 1.33. The molecule has 1 heterocycles. The lowest BCUT2D eigenvalue weighted by atomic mass is 9.82. The van der Waals surface area contributed by atoms with E-state index in [1.807, 2.05) is 0 Å². The molecule has 3 aliphatic rings. The zero-order chi connectivity index (χ0) is 28.0. The van der Waals surface area contributed by atoms with Gasteiger partial charge in [-0.25, -0.2) is 0 Å². The van der Waals surface area contributed by atoms with Gasteiger partial charge in [0.15, 0.2) is 0 Å². The highest BCUT2D eigenvalue weighted by atomic mass is 15.0. The summed E-state index contributed by atoms with van der Waals surface area (Å²) in [6.45, 7) is 4.73. The molecule has 0 spiro atoms. The first-order valence-corrected chi connectivity index (χ1v) is 15.0. The van der Waals surface area contributed by atoms with Crippen LogP contribution in [0.3, 0.4) is 0 Å². The van der Waals surface area contributed by atoms with Crippen molar-refractivity contribution in [1.82, 2.24) is 4.57 Å². The van der Waals surface area contributed by atoms with Gasteiger partial charge in [-0.1, -0.05) is 111 Å². The molecular formula is C41H31N. The maximum absolute atomic E-state index is 2.50. The summed E-state index contributed by atoms with van der Waals surface area (Å²) < 4.78 is 2.50. The van der Waals surface area contributed by atoms with Crippen LogP contribution >= 0.6 is 0 Å². The molecule has 200 valence electrons. The van der Waals surface area contributed by atoms with E-state index >= 15 is 0 Å². The Morgan fingerprint density at radius 1 is 0.619 bits per heavy atom. The van der Waals surface area contributed by atoms with Crippen molar-refractivity contribution in [3.8, 4) is 39.1 Å². The lowest BCUT2D eigenvalue weighted by Gasteiger charge is -2.22. The second kappa shape index (κ2) is 8.57. The van der Waals surface area contributed by atoms with Gasteiger partial charge in [0.2, 0.25) is 0 Å². The topological polar surface area (TPSA) is 4.93 Å². The molecule has 0 aliphatic heterocycles. The first-order valence-electron chi connectivity index (χ1n) is 15.0. The molecule has 6 aromatic rings. The van der Waals surface area contributed by atoms with Gasteiger partial charge in [-0.05, 0) is 104 Å². The number of nitrogens with zero attached hydrogens (tertiary/aromatic N) is 1. The van der Waals surface area contributed by atoms with Crippen molar-refractivity contribution in [1.29, 1.82) is 0 Å². The minimum Gasteiger partial charge on any atom is -0.310 e. The average Bonchev–Trinajstić information content (AvgIpc) is 3.53. The molecular weight excluding hydrogens is 506 g/mol. The van der Waals surface area contributed by atoms with Crippen LogP contribution in [-0.2, 0) is 18.3 Å². The summed E-state index contributed by atoms with van der Waals surface area (Å²) in [6.07, 6.45) is 10.9. The van der Waals surface area contributed by atoms with Gasteiger partial charge in [-0.2, -0.15) is 0 Å². The van der Waals surface area contributed by atoms with Crippen molar-refractivity contribution < 1.29 is 0 Å². The largest absolute Gasteiger partial charge is 0.310 e. The molecule has 0 unspecified atom stereocenters. The Kier molecular flexibility index (Phi) is 4.85. The summed E-state index contributed by atoms with van der Waals surface area (Å²) in [5.41, 5.74) is 18.8. The third kappa shape index (κ3) is 3.25. The number of hydrogen-bond donors (Lipinski definition) is 0. The summed E-state index contributed by atoms with van der Waals surface area (Å²) >= 11 is 0. The van der Waals surface area contributed by atoms with Gasteiger partial charge in [-0.3, -0.25) is 0 Å². The van der Waals surface area contributed by atoms with Crippen LogP contribution in [-0.4, -0.2) is 4.57 Å². The molecule has 1 heteroatoms. The molecule has 42 heavy (non-hydrogen) atoms. The average molecular weight is 538 g/mol. The van der Waals surface area contributed by atoms with Crippen LogP contribution in [0.25, 0.3) is 56.0 Å². The van der Waals surface area contributed by atoms with Crippen LogP contribution in [0.2, 0.25) is 0 Å². The van der Waals surface area contributed by atoms with E-state index in [4.69, 9.17) is 0 Å². The Hall–Kier alpha value is -4.88. The van der Waals surface area contributed by atoms with Gasteiger partial charge in [0, 0.05) is 16.5 Å². The third-order valence-corrected chi connectivity index (χ3v) is 9.89. The summed E-state index contributed by atoms with van der Waals surface area (Å²) in [6, 6.07) is 39.0. The predicted molar refractivity (Wildman–Crippen MR) is 176 cm³/mol. The molecule has 1 aromatic heterocycles. The molecule has 1 nitrogen and oxygen atoms in total. The number of rotatable bonds is 2. The molecule has 9 rings (SSSR count). The molecule has 3 aliphatic carbocycles. The number of allylic oxidation sites excluding steroid dienone is 3.